The number of ether oxygens (including phenoxy) is 3. The summed E-state index contributed by atoms with van der Waals surface area (Å²) in [6.07, 6.45) is 2.54. The molecule has 1 aromatic rings. The second-order valence-electron chi connectivity index (χ2n) is 8.45. The van der Waals surface area contributed by atoms with Gasteiger partial charge in [-0.05, 0) is 5.56 Å². The number of carboxylic acid groups (broad SMARTS) is 1. The molecule has 0 bridgehead atoms. The first-order chi connectivity index (χ1) is 19.3. The maximum absolute atomic E-state index is 12.0. The minimum Gasteiger partial charge on any atom is -0.480 e. The molecule has 0 aromatic heterocycles. The SMILES string of the molecule is O=C(CCOCCOCCOCCN1C(=O)C=CC1=O)NCC(=O)NCC(=O)N[C@@H](Cc1ccccc1)C(=O)O. The monoisotopic (exact) mass is 562 g/mol. The topological polar surface area (TPSA) is 190 Å². The molecule has 1 atom stereocenters. The highest BCUT2D eigenvalue weighted by molar-refractivity contribution is 6.12. The van der Waals surface area contributed by atoms with Crippen LogP contribution in [-0.2, 0) is 49.4 Å². The molecule has 0 aliphatic carbocycles. The molecule has 40 heavy (non-hydrogen) atoms. The fourth-order valence-electron chi connectivity index (χ4n) is 3.32. The molecule has 1 heterocycles. The Labute approximate surface area is 231 Å². The molecule has 0 fully saturated rings. The minimum absolute atomic E-state index is 0.0133. The van der Waals surface area contributed by atoms with E-state index in [0.717, 1.165) is 10.5 Å². The van der Waals surface area contributed by atoms with E-state index in [1.807, 2.05) is 0 Å². The molecular formula is C26H34N4O10. The molecule has 1 aliphatic heterocycles. The van der Waals surface area contributed by atoms with Crippen molar-refractivity contribution in [2.45, 2.75) is 18.9 Å². The summed E-state index contributed by atoms with van der Waals surface area (Å²) >= 11 is 0. The number of imide groups is 1. The van der Waals surface area contributed by atoms with Crippen LogP contribution in [0.25, 0.3) is 0 Å². The number of nitrogens with one attached hydrogen (secondary N) is 3. The second kappa shape index (κ2) is 18.2. The molecule has 0 radical (unpaired) electrons. The first-order valence-electron chi connectivity index (χ1n) is 12.6. The van der Waals surface area contributed by atoms with E-state index in [1.165, 1.54) is 12.2 Å². The molecular weight excluding hydrogens is 528 g/mol. The maximum atomic E-state index is 12.0. The highest BCUT2D eigenvalue weighted by atomic mass is 16.5. The number of amides is 5. The number of nitrogens with zero attached hydrogens (tertiary/aromatic N) is 1. The van der Waals surface area contributed by atoms with E-state index < -0.39 is 36.3 Å². The Morgan fingerprint density at radius 3 is 1.93 bits per heavy atom. The van der Waals surface area contributed by atoms with Gasteiger partial charge in [-0.1, -0.05) is 30.3 Å². The van der Waals surface area contributed by atoms with Crippen molar-refractivity contribution in [2.75, 3.05) is 59.3 Å². The van der Waals surface area contributed by atoms with Gasteiger partial charge in [-0.2, -0.15) is 0 Å². The van der Waals surface area contributed by atoms with Crippen LogP contribution in [0.3, 0.4) is 0 Å². The average Bonchev–Trinajstić information content (AvgIpc) is 3.26. The number of carboxylic acids is 1. The molecule has 0 unspecified atom stereocenters. The van der Waals surface area contributed by atoms with Crippen LogP contribution in [0.15, 0.2) is 42.5 Å². The van der Waals surface area contributed by atoms with Crippen LogP contribution in [-0.4, -0.2) is 111 Å². The van der Waals surface area contributed by atoms with E-state index in [4.69, 9.17) is 14.2 Å². The van der Waals surface area contributed by atoms with Gasteiger partial charge in [-0.25, -0.2) is 4.79 Å². The normalized spacial score (nSPS) is 13.2. The van der Waals surface area contributed by atoms with Crippen LogP contribution in [0.4, 0.5) is 0 Å². The zero-order valence-electron chi connectivity index (χ0n) is 22.0. The number of benzene rings is 1. The fraction of sp³-hybridized carbons (Fsp3) is 0.462. The van der Waals surface area contributed by atoms with Crippen molar-refractivity contribution in [3.63, 3.8) is 0 Å². The lowest BCUT2D eigenvalue weighted by molar-refractivity contribution is -0.141. The summed E-state index contributed by atoms with van der Waals surface area (Å²) in [6.45, 7) is 0.803. The molecule has 14 nitrogen and oxygen atoms in total. The lowest BCUT2D eigenvalue weighted by Crippen LogP contribution is -2.47. The molecule has 218 valence electrons. The van der Waals surface area contributed by atoms with Gasteiger partial charge in [0.2, 0.25) is 17.7 Å². The minimum atomic E-state index is -1.20. The highest BCUT2D eigenvalue weighted by Crippen LogP contribution is 2.04. The Bertz CT molecular complexity index is 1030. The van der Waals surface area contributed by atoms with Crippen molar-refractivity contribution < 1.29 is 48.1 Å². The van der Waals surface area contributed by atoms with E-state index in [1.54, 1.807) is 30.3 Å². The van der Waals surface area contributed by atoms with E-state index in [-0.39, 0.29) is 70.8 Å². The highest BCUT2D eigenvalue weighted by Gasteiger charge is 2.22. The molecule has 4 N–H and O–H groups in total. The number of hydrogen-bond donors (Lipinski definition) is 4. The molecule has 5 amide bonds. The first kappa shape index (κ1) is 32.1. The summed E-state index contributed by atoms with van der Waals surface area (Å²) in [5.74, 6) is -3.60. The summed E-state index contributed by atoms with van der Waals surface area (Å²) in [6, 6.07) is 7.67. The maximum Gasteiger partial charge on any atom is 0.326 e. The van der Waals surface area contributed by atoms with E-state index in [0.29, 0.717) is 6.61 Å². The number of hydrogen-bond acceptors (Lipinski definition) is 9. The number of aliphatic carboxylic acids is 1. The Kier molecular flexibility index (Phi) is 14.6. The standard InChI is InChI=1S/C26H34N4O10/c31-21(8-10-38-12-14-40-15-13-39-11-9-30-24(34)6-7-25(30)35)27-17-22(32)28-18-23(33)29-20(26(36)37)16-19-4-2-1-3-5-19/h1-7,20H,8-18H2,(H,27,31)(H,28,32)(H,29,33)(H,36,37)/t20-/m0/s1. The molecule has 0 spiro atoms. The lowest BCUT2D eigenvalue weighted by atomic mass is 10.1. The number of rotatable bonds is 20. The quantitative estimate of drug-likeness (QED) is 0.106. The van der Waals surface area contributed by atoms with Gasteiger partial charge in [0.05, 0.1) is 59.3 Å². The number of carbonyl (C=O) groups excluding carboxylic acids is 5. The zero-order valence-corrected chi connectivity index (χ0v) is 22.0. The summed E-state index contributed by atoms with van der Waals surface area (Å²) in [5.41, 5.74) is 0.742. The predicted molar refractivity (Wildman–Crippen MR) is 139 cm³/mol. The van der Waals surface area contributed by atoms with Gasteiger partial charge >= 0.3 is 5.97 Å². The van der Waals surface area contributed by atoms with E-state index in [9.17, 15) is 33.9 Å². The van der Waals surface area contributed by atoms with Crippen LogP contribution < -0.4 is 16.0 Å². The molecule has 0 saturated heterocycles. The third-order valence-electron chi connectivity index (χ3n) is 5.39. The lowest BCUT2D eigenvalue weighted by Gasteiger charge is -2.15. The fourth-order valence-corrected chi connectivity index (χ4v) is 3.32. The number of carbonyl (C=O) groups is 6. The molecule has 1 aromatic carbocycles. The van der Waals surface area contributed by atoms with Crippen molar-refractivity contribution in [1.29, 1.82) is 0 Å². The summed E-state index contributed by atoms with van der Waals surface area (Å²) < 4.78 is 15.9. The van der Waals surface area contributed by atoms with E-state index >= 15 is 0 Å². The van der Waals surface area contributed by atoms with Crippen LogP contribution in [0.5, 0.6) is 0 Å². The Morgan fingerprint density at radius 2 is 1.30 bits per heavy atom. The van der Waals surface area contributed by atoms with Gasteiger partial charge in [-0.3, -0.25) is 28.9 Å². The summed E-state index contributed by atoms with van der Waals surface area (Å²) in [7, 11) is 0. The van der Waals surface area contributed by atoms with Crippen molar-refractivity contribution in [1.82, 2.24) is 20.9 Å². The van der Waals surface area contributed by atoms with Crippen molar-refractivity contribution in [3.8, 4) is 0 Å². The van der Waals surface area contributed by atoms with Crippen molar-refractivity contribution in [2.24, 2.45) is 0 Å². The van der Waals surface area contributed by atoms with E-state index in [2.05, 4.69) is 16.0 Å². The predicted octanol–water partition coefficient (Wildman–Crippen LogP) is -1.60. The third kappa shape index (κ3) is 13.1. The van der Waals surface area contributed by atoms with Crippen LogP contribution >= 0.6 is 0 Å². The Balaban J connectivity index is 1.42. The average molecular weight is 563 g/mol. The van der Waals surface area contributed by atoms with Crippen LogP contribution in [0.1, 0.15) is 12.0 Å². The smallest absolute Gasteiger partial charge is 0.326 e. The van der Waals surface area contributed by atoms with Crippen molar-refractivity contribution in [3.05, 3.63) is 48.0 Å². The van der Waals surface area contributed by atoms with Gasteiger partial charge in [0, 0.05) is 25.0 Å². The Hall–Kier alpha value is -4.14. The van der Waals surface area contributed by atoms with Gasteiger partial charge < -0.3 is 35.3 Å². The van der Waals surface area contributed by atoms with Crippen molar-refractivity contribution >= 4 is 35.5 Å². The third-order valence-corrected chi connectivity index (χ3v) is 5.39. The largest absolute Gasteiger partial charge is 0.480 e. The second-order valence-corrected chi connectivity index (χ2v) is 8.45. The van der Waals surface area contributed by atoms with Crippen LogP contribution in [0.2, 0.25) is 0 Å². The molecule has 0 saturated carbocycles. The van der Waals surface area contributed by atoms with Crippen LogP contribution in [0, 0.1) is 0 Å². The zero-order chi connectivity index (χ0) is 29.2. The summed E-state index contributed by atoms with van der Waals surface area (Å²) in [5, 5.41) is 16.4. The Morgan fingerprint density at radius 1 is 0.750 bits per heavy atom. The summed E-state index contributed by atoms with van der Waals surface area (Å²) in [4.78, 5) is 71.0. The first-order valence-corrected chi connectivity index (χ1v) is 12.6. The molecule has 2 rings (SSSR count). The van der Waals surface area contributed by atoms with Gasteiger partial charge in [0.1, 0.15) is 6.04 Å². The van der Waals surface area contributed by atoms with Gasteiger partial charge in [0.15, 0.2) is 0 Å². The van der Waals surface area contributed by atoms with Gasteiger partial charge in [-0.15, -0.1) is 0 Å². The molecule has 1 aliphatic rings. The van der Waals surface area contributed by atoms with Gasteiger partial charge in [0.25, 0.3) is 11.8 Å². The molecule has 14 heteroatoms.